The van der Waals surface area contributed by atoms with Crippen molar-refractivity contribution < 1.29 is 14.3 Å². The Balaban J connectivity index is 2.94. The summed E-state index contributed by atoms with van der Waals surface area (Å²) in [7, 11) is 0. The number of phenolic OH excluding ortho intramolecular Hbond substituents is 1. The number of benzene rings is 1. The molecule has 0 atom stereocenters. The molecular formula is C13H19FN2O2. The van der Waals surface area contributed by atoms with E-state index in [1.807, 2.05) is 6.92 Å². The highest BCUT2D eigenvalue weighted by atomic mass is 19.1. The van der Waals surface area contributed by atoms with Crippen molar-refractivity contribution in [2.24, 2.45) is 5.73 Å². The van der Waals surface area contributed by atoms with E-state index >= 15 is 0 Å². The number of aromatic hydroxyl groups is 1. The molecule has 0 fully saturated rings. The van der Waals surface area contributed by atoms with Gasteiger partial charge in [-0.3, -0.25) is 4.79 Å². The molecule has 18 heavy (non-hydrogen) atoms. The summed E-state index contributed by atoms with van der Waals surface area (Å²) in [6.45, 7) is 3.39. The molecular weight excluding hydrogens is 235 g/mol. The number of carbonyl (C=O) groups excluding carboxylic acids is 1. The van der Waals surface area contributed by atoms with Crippen LogP contribution in [-0.2, 0) is 0 Å². The Morgan fingerprint density at radius 1 is 1.44 bits per heavy atom. The second-order valence-electron chi connectivity index (χ2n) is 4.07. The van der Waals surface area contributed by atoms with Gasteiger partial charge in [0.05, 0.1) is 0 Å². The van der Waals surface area contributed by atoms with Crippen LogP contribution in [-0.4, -0.2) is 35.5 Å². The van der Waals surface area contributed by atoms with Gasteiger partial charge in [-0.05, 0) is 31.5 Å². The molecule has 0 unspecified atom stereocenters. The normalized spacial score (nSPS) is 10.4. The zero-order valence-corrected chi connectivity index (χ0v) is 10.5. The Kier molecular flexibility index (Phi) is 5.58. The molecule has 1 aromatic rings. The van der Waals surface area contributed by atoms with Gasteiger partial charge in [0.1, 0.15) is 17.1 Å². The third-order valence-corrected chi connectivity index (χ3v) is 2.62. The third kappa shape index (κ3) is 3.43. The van der Waals surface area contributed by atoms with Crippen molar-refractivity contribution in [3.63, 3.8) is 0 Å². The molecule has 0 aliphatic rings. The second-order valence-corrected chi connectivity index (χ2v) is 4.07. The number of carbonyl (C=O) groups is 1. The fourth-order valence-corrected chi connectivity index (χ4v) is 1.75. The van der Waals surface area contributed by atoms with Crippen LogP contribution in [0.2, 0.25) is 0 Å². The summed E-state index contributed by atoms with van der Waals surface area (Å²) < 4.78 is 13.6. The van der Waals surface area contributed by atoms with Crippen LogP contribution in [0, 0.1) is 5.82 Å². The number of halogens is 1. The molecule has 5 heteroatoms. The van der Waals surface area contributed by atoms with Crippen LogP contribution in [0.15, 0.2) is 18.2 Å². The zero-order chi connectivity index (χ0) is 13.5. The molecule has 3 N–H and O–H groups in total. The van der Waals surface area contributed by atoms with E-state index in [0.29, 0.717) is 26.1 Å². The van der Waals surface area contributed by atoms with Crippen LogP contribution >= 0.6 is 0 Å². The van der Waals surface area contributed by atoms with Crippen LogP contribution in [0.5, 0.6) is 5.75 Å². The maximum Gasteiger partial charge on any atom is 0.260 e. The lowest BCUT2D eigenvalue weighted by Gasteiger charge is -2.22. The SMILES string of the molecule is CCCN(CCCN)C(=O)c1c(O)cccc1F. The highest BCUT2D eigenvalue weighted by Gasteiger charge is 2.21. The van der Waals surface area contributed by atoms with E-state index < -0.39 is 11.7 Å². The number of rotatable bonds is 6. The number of nitrogens with zero attached hydrogens (tertiary/aromatic N) is 1. The lowest BCUT2D eigenvalue weighted by molar-refractivity contribution is 0.0746. The molecule has 100 valence electrons. The van der Waals surface area contributed by atoms with Gasteiger partial charge < -0.3 is 15.7 Å². The Bertz CT molecular complexity index is 390. The summed E-state index contributed by atoms with van der Waals surface area (Å²) in [5.41, 5.74) is 5.15. The predicted molar refractivity (Wildman–Crippen MR) is 67.9 cm³/mol. The first-order valence-electron chi connectivity index (χ1n) is 6.08. The number of amides is 1. The minimum Gasteiger partial charge on any atom is -0.507 e. The van der Waals surface area contributed by atoms with E-state index in [4.69, 9.17) is 5.73 Å². The van der Waals surface area contributed by atoms with Gasteiger partial charge in [0, 0.05) is 13.1 Å². The highest BCUT2D eigenvalue weighted by Crippen LogP contribution is 2.21. The van der Waals surface area contributed by atoms with Gasteiger partial charge in [-0.1, -0.05) is 13.0 Å². The third-order valence-electron chi connectivity index (χ3n) is 2.62. The Labute approximate surface area is 106 Å². The van der Waals surface area contributed by atoms with E-state index in [1.54, 1.807) is 0 Å². The van der Waals surface area contributed by atoms with Gasteiger partial charge in [-0.25, -0.2) is 4.39 Å². The summed E-state index contributed by atoms with van der Waals surface area (Å²) >= 11 is 0. The van der Waals surface area contributed by atoms with E-state index in [1.165, 1.54) is 23.1 Å². The fraction of sp³-hybridized carbons (Fsp3) is 0.462. The van der Waals surface area contributed by atoms with Gasteiger partial charge in [0.15, 0.2) is 0 Å². The molecule has 0 aliphatic carbocycles. The predicted octanol–water partition coefficient (Wildman–Crippen LogP) is 1.73. The van der Waals surface area contributed by atoms with Gasteiger partial charge in [0.25, 0.3) is 5.91 Å². The summed E-state index contributed by atoms with van der Waals surface area (Å²) in [6.07, 6.45) is 1.42. The summed E-state index contributed by atoms with van der Waals surface area (Å²) in [4.78, 5) is 13.7. The molecule has 0 radical (unpaired) electrons. The molecule has 0 bridgehead atoms. The average molecular weight is 254 g/mol. The average Bonchev–Trinajstić information content (AvgIpc) is 2.34. The maximum atomic E-state index is 13.6. The van der Waals surface area contributed by atoms with Crippen LogP contribution in [0.3, 0.4) is 0 Å². The van der Waals surface area contributed by atoms with Crippen molar-refractivity contribution in [3.8, 4) is 5.75 Å². The molecule has 1 aromatic carbocycles. The Morgan fingerprint density at radius 3 is 2.72 bits per heavy atom. The lowest BCUT2D eigenvalue weighted by Crippen LogP contribution is -2.34. The largest absolute Gasteiger partial charge is 0.507 e. The molecule has 0 aliphatic heterocycles. The Morgan fingerprint density at radius 2 is 2.17 bits per heavy atom. The molecule has 4 nitrogen and oxygen atoms in total. The molecule has 0 spiro atoms. The smallest absolute Gasteiger partial charge is 0.260 e. The topological polar surface area (TPSA) is 66.6 Å². The molecule has 0 aromatic heterocycles. The van der Waals surface area contributed by atoms with Crippen molar-refractivity contribution in [3.05, 3.63) is 29.6 Å². The van der Waals surface area contributed by atoms with Crippen LogP contribution in [0.25, 0.3) is 0 Å². The standard InChI is InChI=1S/C13H19FN2O2/c1-2-8-16(9-4-7-15)13(18)12-10(14)5-3-6-11(12)17/h3,5-6,17H,2,4,7-9,15H2,1H3. The van der Waals surface area contributed by atoms with Crippen molar-refractivity contribution in [2.45, 2.75) is 19.8 Å². The maximum absolute atomic E-state index is 13.6. The highest BCUT2D eigenvalue weighted by molar-refractivity contribution is 5.97. The number of hydrogen-bond donors (Lipinski definition) is 2. The monoisotopic (exact) mass is 254 g/mol. The first-order chi connectivity index (χ1) is 8.61. The minimum atomic E-state index is -0.700. The van der Waals surface area contributed by atoms with Crippen LogP contribution in [0.1, 0.15) is 30.1 Å². The fourth-order valence-electron chi connectivity index (χ4n) is 1.75. The zero-order valence-electron chi connectivity index (χ0n) is 10.5. The molecule has 1 rings (SSSR count). The van der Waals surface area contributed by atoms with Crippen LogP contribution in [0.4, 0.5) is 4.39 Å². The molecule has 0 saturated heterocycles. The van der Waals surface area contributed by atoms with E-state index in [9.17, 15) is 14.3 Å². The molecule has 0 heterocycles. The summed E-state index contributed by atoms with van der Waals surface area (Å²) in [5, 5.41) is 9.59. The number of hydrogen-bond acceptors (Lipinski definition) is 3. The Hall–Kier alpha value is -1.62. The van der Waals surface area contributed by atoms with Gasteiger partial charge in [-0.2, -0.15) is 0 Å². The lowest BCUT2D eigenvalue weighted by atomic mass is 10.1. The first kappa shape index (κ1) is 14.4. The van der Waals surface area contributed by atoms with E-state index in [2.05, 4.69) is 0 Å². The van der Waals surface area contributed by atoms with Crippen LogP contribution < -0.4 is 5.73 Å². The van der Waals surface area contributed by atoms with Crippen molar-refractivity contribution in [1.29, 1.82) is 0 Å². The summed E-state index contributed by atoms with van der Waals surface area (Å²) in [6, 6.07) is 3.84. The van der Waals surface area contributed by atoms with Crippen molar-refractivity contribution in [1.82, 2.24) is 4.90 Å². The van der Waals surface area contributed by atoms with Crippen molar-refractivity contribution in [2.75, 3.05) is 19.6 Å². The van der Waals surface area contributed by atoms with E-state index in [-0.39, 0.29) is 11.3 Å². The van der Waals surface area contributed by atoms with Gasteiger partial charge in [0.2, 0.25) is 0 Å². The summed E-state index contributed by atoms with van der Waals surface area (Å²) in [5.74, 6) is -1.51. The number of phenols is 1. The molecule has 1 amide bonds. The van der Waals surface area contributed by atoms with E-state index in [0.717, 1.165) is 6.42 Å². The van der Waals surface area contributed by atoms with Gasteiger partial charge >= 0.3 is 0 Å². The second kappa shape index (κ2) is 6.96. The van der Waals surface area contributed by atoms with Crippen molar-refractivity contribution >= 4 is 5.91 Å². The first-order valence-corrected chi connectivity index (χ1v) is 6.08. The van der Waals surface area contributed by atoms with Gasteiger partial charge in [-0.15, -0.1) is 0 Å². The minimum absolute atomic E-state index is 0.261. The molecule has 0 saturated carbocycles. The number of nitrogens with two attached hydrogens (primary N) is 1. The quantitative estimate of drug-likeness (QED) is 0.812.